The van der Waals surface area contributed by atoms with Crippen molar-refractivity contribution in [3.63, 3.8) is 0 Å². The Kier molecular flexibility index (Phi) is 4.59. The van der Waals surface area contributed by atoms with Crippen LogP contribution in [0.1, 0.15) is 26.4 Å². The molecule has 128 valence electrons. The summed E-state index contributed by atoms with van der Waals surface area (Å²) >= 11 is 3.23. The number of nitrogens with zero attached hydrogens (tertiary/aromatic N) is 1. The van der Waals surface area contributed by atoms with Crippen molar-refractivity contribution in [2.45, 2.75) is 6.54 Å². The van der Waals surface area contributed by atoms with Crippen LogP contribution in [0.2, 0.25) is 0 Å². The van der Waals surface area contributed by atoms with E-state index in [9.17, 15) is 14.0 Å². The van der Waals surface area contributed by atoms with Gasteiger partial charge in [-0.05, 0) is 35.9 Å². The number of nitrogens with one attached hydrogen (secondary N) is 1. The number of hydrogen-bond donors (Lipinski definition) is 2. The van der Waals surface area contributed by atoms with Crippen LogP contribution in [0, 0.1) is 5.82 Å². The quantitative estimate of drug-likeness (QED) is 0.699. The molecule has 0 fully saturated rings. The first-order valence-corrected chi connectivity index (χ1v) is 8.26. The Morgan fingerprint density at radius 1 is 1.24 bits per heavy atom. The first kappa shape index (κ1) is 17.2. The van der Waals surface area contributed by atoms with Crippen LogP contribution in [-0.2, 0) is 6.54 Å². The van der Waals surface area contributed by atoms with E-state index in [-0.39, 0.29) is 5.91 Å². The van der Waals surface area contributed by atoms with Crippen molar-refractivity contribution in [1.29, 1.82) is 0 Å². The highest BCUT2D eigenvalue weighted by molar-refractivity contribution is 9.10. The van der Waals surface area contributed by atoms with Crippen LogP contribution in [0.25, 0.3) is 10.9 Å². The summed E-state index contributed by atoms with van der Waals surface area (Å²) in [5.41, 5.74) is 7.26. The Balaban J connectivity index is 1.84. The van der Waals surface area contributed by atoms with E-state index in [0.29, 0.717) is 33.2 Å². The zero-order valence-electron chi connectivity index (χ0n) is 13.3. The molecule has 5 nitrogen and oxygen atoms in total. The number of amides is 2. The van der Waals surface area contributed by atoms with Crippen molar-refractivity contribution in [1.82, 2.24) is 9.88 Å². The normalized spacial score (nSPS) is 10.8. The monoisotopic (exact) mass is 403 g/mol. The minimum Gasteiger partial charge on any atom is -0.366 e. The molecular weight excluding hydrogens is 389 g/mol. The molecule has 0 bridgehead atoms. The highest BCUT2D eigenvalue weighted by Crippen LogP contribution is 2.24. The van der Waals surface area contributed by atoms with Crippen molar-refractivity contribution < 1.29 is 14.0 Å². The summed E-state index contributed by atoms with van der Waals surface area (Å²) in [7, 11) is 1.64. The molecule has 0 saturated carbocycles. The van der Waals surface area contributed by atoms with Crippen LogP contribution in [0.5, 0.6) is 0 Å². The fourth-order valence-corrected chi connectivity index (χ4v) is 3.08. The van der Waals surface area contributed by atoms with E-state index < -0.39 is 11.7 Å². The molecular formula is C18H15BrFN3O2. The molecule has 7 heteroatoms. The highest BCUT2D eigenvalue weighted by atomic mass is 79.9. The molecule has 1 aromatic heterocycles. The first-order chi connectivity index (χ1) is 11.8. The molecule has 1 heterocycles. The lowest BCUT2D eigenvalue weighted by molar-refractivity contribution is 0.0780. The number of carbonyl (C=O) groups excluding carboxylic acids is 2. The number of fused-ring (bicyclic) bond motifs is 1. The number of H-pyrrole nitrogens is 1. The summed E-state index contributed by atoms with van der Waals surface area (Å²) < 4.78 is 14.6. The average Bonchev–Trinajstić information content (AvgIpc) is 2.98. The highest BCUT2D eigenvalue weighted by Gasteiger charge is 2.17. The Hall–Kier alpha value is -2.67. The van der Waals surface area contributed by atoms with Gasteiger partial charge < -0.3 is 15.6 Å². The predicted molar refractivity (Wildman–Crippen MR) is 96.7 cm³/mol. The van der Waals surface area contributed by atoms with E-state index in [2.05, 4.69) is 20.9 Å². The van der Waals surface area contributed by atoms with Crippen molar-refractivity contribution >= 4 is 38.6 Å². The van der Waals surface area contributed by atoms with Gasteiger partial charge in [-0.15, -0.1) is 0 Å². The van der Waals surface area contributed by atoms with Crippen LogP contribution in [0.15, 0.2) is 46.9 Å². The third kappa shape index (κ3) is 3.56. The molecule has 0 aliphatic rings. The number of aromatic amines is 1. The molecule has 3 rings (SSSR count). The van der Waals surface area contributed by atoms with E-state index >= 15 is 0 Å². The number of halogens is 2. The molecule has 0 aliphatic carbocycles. The summed E-state index contributed by atoms with van der Waals surface area (Å²) in [4.78, 5) is 28.3. The van der Waals surface area contributed by atoms with E-state index in [0.717, 1.165) is 5.56 Å². The molecule has 3 aromatic rings. The Bertz CT molecular complexity index is 984. The Labute approximate surface area is 151 Å². The molecule has 25 heavy (non-hydrogen) atoms. The maximum atomic E-state index is 14.0. The standard InChI is InChI=1S/C18H15BrFN3O2/c1-23(9-10-3-2-4-11(5-10)17(21)24)18(25)16-8-13-14(20)6-12(19)7-15(13)22-16/h2-8,22H,9H2,1H3,(H2,21,24). The number of primary amides is 1. The van der Waals surface area contributed by atoms with E-state index in [1.165, 1.54) is 17.0 Å². The van der Waals surface area contributed by atoms with Crippen molar-refractivity contribution in [2.24, 2.45) is 5.73 Å². The maximum absolute atomic E-state index is 14.0. The van der Waals surface area contributed by atoms with Crippen LogP contribution in [0.4, 0.5) is 4.39 Å². The van der Waals surface area contributed by atoms with Gasteiger partial charge in [0.2, 0.25) is 5.91 Å². The number of hydrogen-bond acceptors (Lipinski definition) is 2. The van der Waals surface area contributed by atoms with E-state index in [4.69, 9.17) is 5.73 Å². The molecule has 3 N–H and O–H groups in total. The molecule has 2 aromatic carbocycles. The molecule has 0 unspecified atom stereocenters. The largest absolute Gasteiger partial charge is 0.366 e. The van der Waals surface area contributed by atoms with Crippen LogP contribution >= 0.6 is 15.9 Å². The second kappa shape index (κ2) is 6.68. The SMILES string of the molecule is CN(Cc1cccc(C(N)=O)c1)C(=O)c1cc2c(F)cc(Br)cc2[nH]1. The van der Waals surface area contributed by atoms with Gasteiger partial charge in [-0.25, -0.2) is 4.39 Å². The van der Waals surface area contributed by atoms with Crippen LogP contribution in [-0.4, -0.2) is 28.7 Å². The molecule has 0 atom stereocenters. The fourth-order valence-electron chi connectivity index (χ4n) is 2.65. The van der Waals surface area contributed by atoms with Gasteiger partial charge in [0.25, 0.3) is 5.91 Å². The number of benzene rings is 2. The number of carbonyl (C=O) groups is 2. The summed E-state index contributed by atoms with van der Waals surface area (Å²) in [5, 5.41) is 0.357. The topological polar surface area (TPSA) is 79.2 Å². The zero-order chi connectivity index (χ0) is 18.1. The van der Waals surface area contributed by atoms with Crippen molar-refractivity contribution in [3.8, 4) is 0 Å². The summed E-state index contributed by atoms with van der Waals surface area (Å²) in [6.45, 7) is 0.293. The molecule has 0 radical (unpaired) electrons. The second-order valence-corrected chi connectivity index (χ2v) is 6.67. The summed E-state index contributed by atoms with van der Waals surface area (Å²) in [5.74, 6) is -1.21. The van der Waals surface area contributed by atoms with Gasteiger partial charge in [-0.1, -0.05) is 28.1 Å². The van der Waals surface area contributed by atoms with Crippen LogP contribution in [0.3, 0.4) is 0 Å². The van der Waals surface area contributed by atoms with Gasteiger partial charge in [-0.2, -0.15) is 0 Å². The summed E-state index contributed by atoms with van der Waals surface area (Å²) in [6, 6.07) is 11.3. The summed E-state index contributed by atoms with van der Waals surface area (Å²) in [6.07, 6.45) is 0. The lowest BCUT2D eigenvalue weighted by atomic mass is 10.1. The Morgan fingerprint density at radius 2 is 2.00 bits per heavy atom. The molecule has 0 aliphatic heterocycles. The maximum Gasteiger partial charge on any atom is 0.270 e. The minimum atomic E-state index is -0.521. The lowest BCUT2D eigenvalue weighted by Gasteiger charge is -2.16. The third-order valence-electron chi connectivity index (χ3n) is 3.86. The van der Waals surface area contributed by atoms with Gasteiger partial charge >= 0.3 is 0 Å². The fraction of sp³-hybridized carbons (Fsp3) is 0.111. The molecule has 2 amide bonds. The number of nitrogens with two attached hydrogens (primary N) is 1. The smallest absolute Gasteiger partial charge is 0.270 e. The number of aromatic nitrogens is 1. The lowest BCUT2D eigenvalue weighted by Crippen LogP contribution is -2.26. The van der Waals surface area contributed by atoms with Gasteiger partial charge in [0.15, 0.2) is 0 Å². The average molecular weight is 404 g/mol. The second-order valence-electron chi connectivity index (χ2n) is 5.76. The van der Waals surface area contributed by atoms with Gasteiger partial charge in [0.1, 0.15) is 11.5 Å². The molecule has 0 spiro atoms. The van der Waals surface area contributed by atoms with Crippen molar-refractivity contribution in [2.75, 3.05) is 7.05 Å². The molecule has 0 saturated heterocycles. The number of rotatable bonds is 4. The third-order valence-corrected chi connectivity index (χ3v) is 4.32. The minimum absolute atomic E-state index is 0.281. The first-order valence-electron chi connectivity index (χ1n) is 7.47. The zero-order valence-corrected chi connectivity index (χ0v) is 14.9. The van der Waals surface area contributed by atoms with Crippen molar-refractivity contribution in [3.05, 3.63) is 69.6 Å². The van der Waals surface area contributed by atoms with E-state index in [1.54, 1.807) is 37.4 Å². The predicted octanol–water partition coefficient (Wildman–Crippen LogP) is 3.44. The van der Waals surface area contributed by atoms with Gasteiger partial charge in [-0.3, -0.25) is 9.59 Å². The van der Waals surface area contributed by atoms with Gasteiger partial charge in [0.05, 0.1) is 5.52 Å². The van der Waals surface area contributed by atoms with E-state index in [1.807, 2.05) is 0 Å². The van der Waals surface area contributed by atoms with Gasteiger partial charge in [0, 0.05) is 29.0 Å². The Morgan fingerprint density at radius 3 is 2.72 bits per heavy atom. The van der Waals surface area contributed by atoms with Crippen LogP contribution < -0.4 is 5.73 Å².